The average molecular weight is 244 g/mol. The summed E-state index contributed by atoms with van der Waals surface area (Å²) in [6.45, 7) is 6.44. The first-order valence-electron chi connectivity index (χ1n) is 5.54. The first-order valence-corrected chi connectivity index (χ1v) is 5.92. The largest absolute Gasteiger partial charge is 0.380 e. The lowest BCUT2D eigenvalue weighted by atomic mass is 10.0. The first-order chi connectivity index (χ1) is 7.54. The van der Waals surface area contributed by atoms with Crippen LogP contribution in [0.5, 0.6) is 0 Å². The van der Waals surface area contributed by atoms with Gasteiger partial charge in [-0.15, -0.1) is 0 Å². The van der Waals surface area contributed by atoms with E-state index in [0.29, 0.717) is 11.6 Å². The summed E-state index contributed by atoms with van der Waals surface area (Å²) in [5.41, 5.74) is 0.239. The van der Waals surface area contributed by atoms with E-state index in [0.717, 1.165) is 12.8 Å². The fourth-order valence-corrected chi connectivity index (χ4v) is 1.72. The predicted octanol–water partition coefficient (Wildman–Crippen LogP) is 2.66. The first kappa shape index (κ1) is 13.0. The lowest BCUT2D eigenvalue weighted by Crippen LogP contribution is -2.21. The van der Waals surface area contributed by atoms with Crippen LogP contribution in [0.15, 0.2) is 11.0 Å². The van der Waals surface area contributed by atoms with Crippen molar-refractivity contribution >= 4 is 17.3 Å². The van der Waals surface area contributed by atoms with Crippen LogP contribution in [0.25, 0.3) is 0 Å². The molecule has 0 spiro atoms. The molecule has 4 nitrogen and oxygen atoms in total. The van der Waals surface area contributed by atoms with Crippen LogP contribution in [0.1, 0.15) is 33.6 Å². The number of hydrogen-bond acceptors (Lipinski definition) is 3. The molecular formula is C11H18ClN3O. The highest BCUT2D eigenvalue weighted by Crippen LogP contribution is 2.18. The number of aromatic amines is 1. The molecule has 1 heterocycles. The Bertz CT molecular complexity index is 391. The third-order valence-corrected chi connectivity index (χ3v) is 3.03. The zero-order valence-corrected chi connectivity index (χ0v) is 10.6. The van der Waals surface area contributed by atoms with Gasteiger partial charge in [0.1, 0.15) is 5.02 Å². The van der Waals surface area contributed by atoms with E-state index in [2.05, 4.69) is 36.3 Å². The topological polar surface area (TPSA) is 57.8 Å². The molecule has 0 fully saturated rings. The number of halogens is 1. The minimum absolute atomic E-state index is 0.172. The molecule has 0 aromatic carbocycles. The summed E-state index contributed by atoms with van der Waals surface area (Å²) in [7, 11) is 0. The molecule has 0 aliphatic rings. The molecule has 1 aromatic heterocycles. The molecule has 1 aromatic rings. The van der Waals surface area contributed by atoms with E-state index in [1.54, 1.807) is 0 Å². The number of nitrogens with zero attached hydrogens (tertiary/aromatic N) is 1. The van der Waals surface area contributed by atoms with Crippen LogP contribution in [0.4, 0.5) is 5.69 Å². The molecule has 2 N–H and O–H groups in total. The Morgan fingerprint density at radius 2 is 2.25 bits per heavy atom. The van der Waals surface area contributed by atoms with Gasteiger partial charge in [-0.3, -0.25) is 4.79 Å². The van der Waals surface area contributed by atoms with Gasteiger partial charge in [-0.2, -0.15) is 5.10 Å². The molecular weight excluding hydrogens is 226 g/mol. The van der Waals surface area contributed by atoms with Crippen molar-refractivity contribution in [3.63, 3.8) is 0 Å². The normalized spacial score (nSPS) is 14.5. The van der Waals surface area contributed by atoms with Gasteiger partial charge in [0.25, 0.3) is 5.56 Å². The molecule has 0 saturated carbocycles. The number of aromatic nitrogens is 2. The van der Waals surface area contributed by atoms with Crippen LogP contribution in [0, 0.1) is 5.92 Å². The number of hydrogen-bond donors (Lipinski definition) is 2. The van der Waals surface area contributed by atoms with Crippen LogP contribution >= 0.6 is 11.6 Å². The van der Waals surface area contributed by atoms with E-state index in [1.165, 1.54) is 6.20 Å². The summed E-state index contributed by atoms with van der Waals surface area (Å²) in [5, 5.41) is 9.37. The summed E-state index contributed by atoms with van der Waals surface area (Å²) in [6, 6.07) is 0.274. The highest BCUT2D eigenvalue weighted by Gasteiger charge is 2.10. The Kier molecular flexibility index (Phi) is 4.80. The molecule has 2 unspecified atom stereocenters. The van der Waals surface area contributed by atoms with E-state index >= 15 is 0 Å². The lowest BCUT2D eigenvalue weighted by Gasteiger charge is -2.18. The summed E-state index contributed by atoms with van der Waals surface area (Å²) < 4.78 is 0. The number of nitrogens with one attached hydrogen (secondary N) is 2. The van der Waals surface area contributed by atoms with Gasteiger partial charge >= 0.3 is 0 Å². The SMILES string of the molecule is CCC(C)CC(C)Nc1cn[nH]c(=O)c1Cl. The maximum atomic E-state index is 11.2. The maximum Gasteiger partial charge on any atom is 0.285 e. The van der Waals surface area contributed by atoms with Crippen molar-refractivity contribution in [1.82, 2.24) is 10.2 Å². The third kappa shape index (κ3) is 3.52. The molecule has 1 rings (SSSR count). The highest BCUT2D eigenvalue weighted by atomic mass is 35.5. The quantitative estimate of drug-likeness (QED) is 0.836. The van der Waals surface area contributed by atoms with Gasteiger partial charge in [-0.1, -0.05) is 31.9 Å². The summed E-state index contributed by atoms with van der Waals surface area (Å²) in [5.74, 6) is 0.649. The number of anilines is 1. The standard InChI is InChI=1S/C11H18ClN3O/c1-4-7(2)5-8(3)14-9-6-13-15-11(16)10(9)12/h6-8H,4-5H2,1-3H3,(H2,14,15,16). The molecule has 90 valence electrons. The van der Waals surface area contributed by atoms with Crippen molar-refractivity contribution in [1.29, 1.82) is 0 Å². The lowest BCUT2D eigenvalue weighted by molar-refractivity contribution is 0.483. The van der Waals surface area contributed by atoms with Crippen molar-refractivity contribution in [2.45, 2.75) is 39.7 Å². The molecule has 16 heavy (non-hydrogen) atoms. The molecule has 5 heteroatoms. The zero-order valence-electron chi connectivity index (χ0n) is 9.88. The van der Waals surface area contributed by atoms with Crippen LogP contribution in [0.2, 0.25) is 5.02 Å². The van der Waals surface area contributed by atoms with Crippen molar-refractivity contribution in [3.05, 3.63) is 21.6 Å². The maximum absolute atomic E-state index is 11.2. The van der Waals surface area contributed by atoms with Gasteiger partial charge in [-0.05, 0) is 19.3 Å². The molecule has 0 aliphatic carbocycles. The summed E-state index contributed by atoms with van der Waals surface area (Å²) >= 11 is 5.86. The minimum atomic E-state index is -0.359. The van der Waals surface area contributed by atoms with Crippen LogP contribution < -0.4 is 10.9 Å². The smallest absolute Gasteiger partial charge is 0.285 e. The van der Waals surface area contributed by atoms with Gasteiger partial charge in [0, 0.05) is 6.04 Å². The van der Waals surface area contributed by atoms with Gasteiger partial charge in [0.05, 0.1) is 11.9 Å². The van der Waals surface area contributed by atoms with E-state index in [1.807, 2.05) is 0 Å². The van der Waals surface area contributed by atoms with Crippen molar-refractivity contribution < 1.29 is 0 Å². The monoisotopic (exact) mass is 243 g/mol. The Balaban J connectivity index is 2.66. The molecule has 2 atom stereocenters. The van der Waals surface area contributed by atoms with Crippen LogP contribution in [0.3, 0.4) is 0 Å². The van der Waals surface area contributed by atoms with E-state index in [-0.39, 0.29) is 16.6 Å². The van der Waals surface area contributed by atoms with E-state index < -0.39 is 0 Å². The highest BCUT2D eigenvalue weighted by molar-refractivity contribution is 6.32. The fraction of sp³-hybridized carbons (Fsp3) is 0.636. The van der Waals surface area contributed by atoms with Gasteiger partial charge in [0.2, 0.25) is 0 Å². The Morgan fingerprint density at radius 1 is 1.56 bits per heavy atom. The number of rotatable bonds is 5. The second-order valence-corrected chi connectivity index (χ2v) is 4.60. The molecule has 0 saturated heterocycles. The van der Waals surface area contributed by atoms with Gasteiger partial charge < -0.3 is 5.32 Å². The summed E-state index contributed by atoms with van der Waals surface area (Å²) in [6.07, 6.45) is 3.73. The average Bonchev–Trinajstić information content (AvgIpc) is 2.24. The molecule has 0 aliphatic heterocycles. The molecule has 0 amide bonds. The second-order valence-electron chi connectivity index (χ2n) is 4.22. The van der Waals surface area contributed by atoms with Gasteiger partial charge in [0.15, 0.2) is 0 Å². The fourth-order valence-electron chi connectivity index (χ4n) is 1.58. The minimum Gasteiger partial charge on any atom is -0.380 e. The Hall–Kier alpha value is -1.03. The molecule has 0 radical (unpaired) electrons. The second kappa shape index (κ2) is 5.89. The summed E-state index contributed by atoms with van der Waals surface area (Å²) in [4.78, 5) is 11.2. The van der Waals surface area contributed by atoms with Crippen LogP contribution in [-0.4, -0.2) is 16.2 Å². The predicted molar refractivity (Wildman–Crippen MR) is 67.0 cm³/mol. The third-order valence-electron chi connectivity index (χ3n) is 2.65. The van der Waals surface area contributed by atoms with Crippen molar-refractivity contribution in [3.8, 4) is 0 Å². The van der Waals surface area contributed by atoms with E-state index in [4.69, 9.17) is 11.6 Å². The number of H-pyrrole nitrogens is 1. The van der Waals surface area contributed by atoms with Crippen molar-refractivity contribution in [2.75, 3.05) is 5.32 Å². The molecule has 0 bridgehead atoms. The zero-order chi connectivity index (χ0) is 12.1. The van der Waals surface area contributed by atoms with Crippen LogP contribution in [-0.2, 0) is 0 Å². The van der Waals surface area contributed by atoms with Crippen molar-refractivity contribution in [2.24, 2.45) is 5.92 Å². The van der Waals surface area contributed by atoms with E-state index in [9.17, 15) is 4.79 Å². The Morgan fingerprint density at radius 3 is 2.88 bits per heavy atom. The Labute approximate surface area is 100 Å². The van der Waals surface area contributed by atoms with Gasteiger partial charge in [-0.25, -0.2) is 5.10 Å².